The van der Waals surface area contributed by atoms with Gasteiger partial charge in [-0.15, -0.1) is 0 Å². The molecule has 0 aliphatic carbocycles. The van der Waals surface area contributed by atoms with E-state index < -0.39 is 5.97 Å². The highest BCUT2D eigenvalue weighted by atomic mass is 19.1. The lowest BCUT2D eigenvalue weighted by molar-refractivity contribution is -0.138. The number of hydrogen-bond acceptors (Lipinski definition) is 5. The van der Waals surface area contributed by atoms with Gasteiger partial charge in [0, 0.05) is 6.08 Å². The van der Waals surface area contributed by atoms with Crippen LogP contribution >= 0.6 is 0 Å². The Morgan fingerprint density at radius 3 is 2.40 bits per heavy atom. The molecular weight excluding hydrogens is 327 g/mol. The maximum absolute atomic E-state index is 12.7. The average Bonchev–Trinajstić information content (AvgIpc) is 2.64. The summed E-state index contributed by atoms with van der Waals surface area (Å²) in [6, 6.07) is 10.9. The number of rotatable bonds is 8. The van der Waals surface area contributed by atoms with Crippen LogP contribution in [0.25, 0.3) is 6.08 Å². The van der Waals surface area contributed by atoms with Crippen LogP contribution in [0, 0.1) is 5.82 Å². The molecule has 2 aromatic carbocycles. The summed E-state index contributed by atoms with van der Waals surface area (Å²) in [4.78, 5) is 11.7. The number of carbonyl (C=O) groups is 1. The molecule has 0 aromatic heterocycles. The third-order valence-electron chi connectivity index (χ3n) is 3.23. The van der Waals surface area contributed by atoms with Crippen molar-refractivity contribution in [3.63, 3.8) is 0 Å². The Morgan fingerprint density at radius 2 is 1.72 bits per heavy atom. The molecule has 132 valence electrons. The third-order valence-corrected chi connectivity index (χ3v) is 3.23. The van der Waals surface area contributed by atoms with Gasteiger partial charge in [0.1, 0.15) is 24.8 Å². The van der Waals surface area contributed by atoms with Crippen molar-refractivity contribution in [3.05, 3.63) is 59.9 Å². The standard InChI is InChI=1S/C19H19FO5/c1-22-17-9-3-14(13-18(17)23-2)4-10-19(21)25-12-11-24-16-7-5-15(20)6-8-16/h3-10,13H,11-12H2,1-2H3/b10-4+. The predicted molar refractivity (Wildman–Crippen MR) is 91.4 cm³/mol. The molecule has 0 radical (unpaired) electrons. The summed E-state index contributed by atoms with van der Waals surface area (Å²) in [5.41, 5.74) is 0.775. The summed E-state index contributed by atoms with van der Waals surface area (Å²) in [5.74, 6) is 0.876. The van der Waals surface area contributed by atoms with Crippen molar-refractivity contribution in [1.82, 2.24) is 0 Å². The SMILES string of the molecule is COc1ccc(/C=C/C(=O)OCCOc2ccc(F)cc2)cc1OC. The molecule has 0 aliphatic heterocycles. The van der Waals surface area contributed by atoms with E-state index in [1.54, 1.807) is 38.5 Å². The fraction of sp³-hybridized carbons (Fsp3) is 0.211. The Labute approximate surface area is 145 Å². The molecule has 0 atom stereocenters. The first-order valence-electron chi connectivity index (χ1n) is 7.57. The molecule has 0 bridgehead atoms. The number of benzene rings is 2. The molecule has 0 aliphatic rings. The van der Waals surface area contributed by atoms with Crippen molar-refractivity contribution in [2.75, 3.05) is 27.4 Å². The van der Waals surface area contributed by atoms with Gasteiger partial charge in [0.25, 0.3) is 0 Å². The van der Waals surface area contributed by atoms with Crippen molar-refractivity contribution in [1.29, 1.82) is 0 Å². The van der Waals surface area contributed by atoms with Crippen molar-refractivity contribution in [2.45, 2.75) is 0 Å². The minimum Gasteiger partial charge on any atom is -0.493 e. The Hall–Kier alpha value is -3.02. The van der Waals surface area contributed by atoms with Gasteiger partial charge >= 0.3 is 5.97 Å². The highest BCUT2D eigenvalue weighted by molar-refractivity contribution is 5.87. The van der Waals surface area contributed by atoms with Crippen LogP contribution < -0.4 is 14.2 Å². The third kappa shape index (κ3) is 5.84. The number of ether oxygens (including phenoxy) is 4. The van der Waals surface area contributed by atoms with Crippen LogP contribution in [0.3, 0.4) is 0 Å². The summed E-state index contributed by atoms with van der Waals surface area (Å²) in [5, 5.41) is 0. The topological polar surface area (TPSA) is 54.0 Å². The summed E-state index contributed by atoms with van der Waals surface area (Å²) in [6.45, 7) is 0.272. The molecule has 0 N–H and O–H groups in total. The van der Waals surface area contributed by atoms with Crippen LogP contribution in [0.15, 0.2) is 48.5 Å². The van der Waals surface area contributed by atoms with Gasteiger partial charge in [-0.1, -0.05) is 6.07 Å². The number of methoxy groups -OCH3 is 2. The van der Waals surface area contributed by atoms with Gasteiger partial charge in [0.15, 0.2) is 11.5 Å². The molecule has 5 nitrogen and oxygen atoms in total. The molecule has 0 fully saturated rings. The van der Waals surface area contributed by atoms with E-state index in [1.807, 2.05) is 0 Å². The normalized spacial score (nSPS) is 10.5. The van der Waals surface area contributed by atoms with Crippen molar-refractivity contribution in [3.8, 4) is 17.2 Å². The zero-order chi connectivity index (χ0) is 18.1. The maximum Gasteiger partial charge on any atom is 0.330 e. The number of halogens is 1. The van der Waals surface area contributed by atoms with Gasteiger partial charge in [-0.2, -0.15) is 0 Å². The van der Waals surface area contributed by atoms with Crippen LogP contribution in [0.4, 0.5) is 4.39 Å². The van der Waals surface area contributed by atoms with E-state index in [0.29, 0.717) is 17.2 Å². The lowest BCUT2D eigenvalue weighted by Gasteiger charge is -2.07. The maximum atomic E-state index is 12.7. The molecule has 0 spiro atoms. The smallest absolute Gasteiger partial charge is 0.330 e. The first kappa shape index (κ1) is 18.3. The summed E-state index contributed by atoms with van der Waals surface area (Å²) < 4.78 is 33.5. The van der Waals surface area contributed by atoms with Gasteiger partial charge in [-0.3, -0.25) is 0 Å². The van der Waals surface area contributed by atoms with Gasteiger partial charge in [-0.25, -0.2) is 9.18 Å². The number of hydrogen-bond donors (Lipinski definition) is 0. The largest absolute Gasteiger partial charge is 0.493 e. The van der Waals surface area contributed by atoms with E-state index in [0.717, 1.165) is 5.56 Å². The van der Waals surface area contributed by atoms with Crippen LogP contribution in [0.2, 0.25) is 0 Å². The van der Waals surface area contributed by atoms with Crippen molar-refractivity contribution in [2.24, 2.45) is 0 Å². The molecule has 0 heterocycles. The molecule has 0 unspecified atom stereocenters. The Bertz CT molecular complexity index is 725. The summed E-state index contributed by atoms with van der Waals surface area (Å²) in [6.07, 6.45) is 2.93. The number of esters is 1. The lowest BCUT2D eigenvalue weighted by Crippen LogP contribution is -2.10. The second kappa shape index (κ2) is 9.32. The van der Waals surface area contributed by atoms with Crippen LogP contribution in [-0.2, 0) is 9.53 Å². The molecule has 6 heteroatoms. The van der Waals surface area contributed by atoms with Crippen LogP contribution in [0.5, 0.6) is 17.2 Å². The highest BCUT2D eigenvalue weighted by Crippen LogP contribution is 2.27. The number of carbonyl (C=O) groups excluding carboxylic acids is 1. The van der Waals surface area contributed by atoms with E-state index in [9.17, 15) is 9.18 Å². The molecular formula is C19H19FO5. The second-order valence-electron chi connectivity index (χ2n) is 4.92. The highest BCUT2D eigenvalue weighted by Gasteiger charge is 2.04. The molecule has 2 rings (SSSR count). The molecule has 2 aromatic rings. The van der Waals surface area contributed by atoms with E-state index in [-0.39, 0.29) is 19.0 Å². The monoisotopic (exact) mass is 346 g/mol. The second-order valence-corrected chi connectivity index (χ2v) is 4.92. The zero-order valence-electron chi connectivity index (χ0n) is 14.0. The van der Waals surface area contributed by atoms with Crippen LogP contribution in [-0.4, -0.2) is 33.4 Å². The van der Waals surface area contributed by atoms with Gasteiger partial charge < -0.3 is 18.9 Å². The van der Waals surface area contributed by atoms with E-state index in [4.69, 9.17) is 18.9 Å². The lowest BCUT2D eigenvalue weighted by atomic mass is 10.2. The van der Waals surface area contributed by atoms with Gasteiger partial charge in [-0.05, 0) is 48.0 Å². The van der Waals surface area contributed by atoms with E-state index in [2.05, 4.69) is 0 Å². The molecule has 0 saturated heterocycles. The molecule has 0 amide bonds. The van der Waals surface area contributed by atoms with Crippen LogP contribution in [0.1, 0.15) is 5.56 Å². The molecule has 0 saturated carbocycles. The fourth-order valence-corrected chi connectivity index (χ4v) is 2.00. The zero-order valence-corrected chi connectivity index (χ0v) is 14.0. The quantitative estimate of drug-likeness (QED) is 0.416. The first-order chi connectivity index (χ1) is 12.1. The van der Waals surface area contributed by atoms with E-state index in [1.165, 1.54) is 30.3 Å². The van der Waals surface area contributed by atoms with E-state index >= 15 is 0 Å². The van der Waals surface area contributed by atoms with Gasteiger partial charge in [0.05, 0.1) is 14.2 Å². The Kier molecular flexibility index (Phi) is 6.83. The fourth-order valence-electron chi connectivity index (χ4n) is 2.00. The molecule has 25 heavy (non-hydrogen) atoms. The average molecular weight is 346 g/mol. The minimum absolute atomic E-state index is 0.0898. The Balaban J connectivity index is 1.77. The predicted octanol–water partition coefficient (Wildman–Crippen LogP) is 3.48. The summed E-state index contributed by atoms with van der Waals surface area (Å²) >= 11 is 0. The minimum atomic E-state index is -0.488. The first-order valence-corrected chi connectivity index (χ1v) is 7.57. The van der Waals surface area contributed by atoms with Crippen molar-refractivity contribution < 1.29 is 28.1 Å². The summed E-state index contributed by atoms with van der Waals surface area (Å²) in [7, 11) is 3.10. The van der Waals surface area contributed by atoms with Gasteiger partial charge in [0.2, 0.25) is 0 Å². The van der Waals surface area contributed by atoms with Crippen molar-refractivity contribution >= 4 is 12.0 Å². The Morgan fingerprint density at radius 1 is 1.00 bits per heavy atom.